The van der Waals surface area contributed by atoms with Crippen molar-refractivity contribution in [1.29, 1.82) is 0 Å². The summed E-state index contributed by atoms with van der Waals surface area (Å²) in [6.07, 6.45) is 3.24. The predicted molar refractivity (Wildman–Crippen MR) is 153 cm³/mol. The maximum absolute atomic E-state index is 13.6. The highest BCUT2D eigenvalue weighted by atomic mass is 32.1. The fourth-order valence-corrected chi connectivity index (χ4v) is 5.75. The first kappa shape index (κ1) is 23.7. The number of aliphatic hydroxyl groups excluding tert-OH is 1. The van der Waals surface area contributed by atoms with Crippen molar-refractivity contribution in [2.45, 2.75) is 0 Å². The molecule has 1 saturated heterocycles. The van der Waals surface area contributed by atoms with Gasteiger partial charge in [0.2, 0.25) is 11.1 Å². The number of nitrogens with zero attached hydrogens (tertiary/aromatic N) is 8. The number of hydrogen-bond acceptors (Lipinski definition) is 10. The van der Waals surface area contributed by atoms with Crippen molar-refractivity contribution in [2.75, 3.05) is 49.5 Å². The van der Waals surface area contributed by atoms with Gasteiger partial charge in [-0.15, -0.1) is 11.3 Å². The van der Waals surface area contributed by atoms with Gasteiger partial charge in [-0.25, -0.2) is 19.6 Å². The number of aliphatic hydroxyl groups is 1. The zero-order valence-electron chi connectivity index (χ0n) is 20.9. The smallest absolute Gasteiger partial charge is 0.284 e. The summed E-state index contributed by atoms with van der Waals surface area (Å²) in [5.41, 5.74) is 3.43. The van der Waals surface area contributed by atoms with Gasteiger partial charge in [-0.05, 0) is 36.4 Å². The average molecular weight is 540 g/mol. The van der Waals surface area contributed by atoms with E-state index in [2.05, 4.69) is 42.2 Å². The Bertz CT molecular complexity index is 1840. The largest absolute Gasteiger partial charge is 0.395 e. The summed E-state index contributed by atoms with van der Waals surface area (Å²) >= 11 is 1.45. The fraction of sp³-hybridized carbons (Fsp3) is 0.222. The molecule has 0 unspecified atom stereocenters. The van der Waals surface area contributed by atoms with Crippen LogP contribution in [-0.4, -0.2) is 78.5 Å². The molecule has 2 aromatic carbocycles. The Labute approximate surface area is 226 Å². The van der Waals surface area contributed by atoms with Crippen LogP contribution in [0, 0.1) is 0 Å². The summed E-state index contributed by atoms with van der Waals surface area (Å²) in [4.78, 5) is 36.5. The Morgan fingerprint density at radius 2 is 1.77 bits per heavy atom. The van der Waals surface area contributed by atoms with Gasteiger partial charge < -0.3 is 15.3 Å². The van der Waals surface area contributed by atoms with Gasteiger partial charge in [0, 0.05) is 67.3 Å². The van der Waals surface area contributed by atoms with E-state index in [-0.39, 0.29) is 12.2 Å². The standard InChI is InChI=1S/C27H25N9O2S/c37-15-14-33-10-12-34(13-11-33)19-7-5-18(6-8-19)30-26-29-17-21-23(32-26)31-24-20-3-1-2-4-22(20)35(36(24)25(21)38)27-28-9-16-39-27/h1-9,16-17,37H,10-15H2,(H,29,30,32). The summed E-state index contributed by atoms with van der Waals surface area (Å²) in [5.74, 6) is 0.368. The molecule has 4 aromatic heterocycles. The second kappa shape index (κ2) is 9.73. The Kier molecular flexibility index (Phi) is 5.91. The maximum Gasteiger partial charge on any atom is 0.284 e. The van der Waals surface area contributed by atoms with Crippen LogP contribution in [0.5, 0.6) is 0 Å². The molecule has 39 heavy (non-hydrogen) atoms. The Morgan fingerprint density at radius 3 is 2.54 bits per heavy atom. The zero-order valence-corrected chi connectivity index (χ0v) is 21.8. The molecule has 0 bridgehead atoms. The fourth-order valence-electron chi connectivity index (χ4n) is 5.11. The average Bonchev–Trinajstić information content (AvgIpc) is 3.61. The molecule has 0 atom stereocenters. The summed E-state index contributed by atoms with van der Waals surface area (Å²) in [7, 11) is 0. The van der Waals surface area contributed by atoms with E-state index in [0.29, 0.717) is 27.8 Å². The molecule has 0 amide bonds. The van der Waals surface area contributed by atoms with E-state index in [1.807, 2.05) is 41.8 Å². The lowest BCUT2D eigenvalue weighted by Gasteiger charge is -2.35. The third kappa shape index (κ3) is 4.18. The van der Waals surface area contributed by atoms with Gasteiger partial charge in [-0.2, -0.15) is 9.50 Å². The van der Waals surface area contributed by atoms with Gasteiger partial charge in [0.05, 0.1) is 12.1 Å². The first-order chi connectivity index (χ1) is 19.2. The normalized spacial score (nSPS) is 14.5. The van der Waals surface area contributed by atoms with Crippen LogP contribution in [-0.2, 0) is 0 Å². The van der Waals surface area contributed by atoms with E-state index in [4.69, 9.17) is 10.1 Å². The van der Waals surface area contributed by atoms with Gasteiger partial charge in [0.25, 0.3) is 5.56 Å². The number of thiazole rings is 1. The number of nitrogens with one attached hydrogen (secondary N) is 1. The van der Waals surface area contributed by atoms with Gasteiger partial charge in [-0.1, -0.05) is 12.1 Å². The van der Waals surface area contributed by atoms with Crippen molar-refractivity contribution >= 4 is 56.2 Å². The van der Waals surface area contributed by atoms with Crippen LogP contribution < -0.4 is 15.8 Å². The Morgan fingerprint density at radius 1 is 0.949 bits per heavy atom. The maximum atomic E-state index is 13.6. The number of fused-ring (bicyclic) bond motifs is 4. The molecule has 11 nitrogen and oxygen atoms in total. The second-order valence-electron chi connectivity index (χ2n) is 9.35. The third-order valence-electron chi connectivity index (χ3n) is 7.05. The van der Waals surface area contributed by atoms with Crippen molar-refractivity contribution in [3.05, 3.63) is 76.7 Å². The molecule has 0 radical (unpaired) electrons. The molecule has 196 valence electrons. The molecule has 2 N–H and O–H groups in total. The molecule has 0 aliphatic carbocycles. The number of benzene rings is 2. The highest BCUT2D eigenvalue weighted by molar-refractivity contribution is 7.12. The van der Waals surface area contributed by atoms with E-state index in [1.165, 1.54) is 17.5 Å². The zero-order chi connectivity index (χ0) is 26.3. The van der Waals surface area contributed by atoms with Crippen molar-refractivity contribution in [3.63, 3.8) is 0 Å². The molecule has 6 aromatic rings. The molecular formula is C27H25N9O2S. The van der Waals surface area contributed by atoms with E-state index in [1.54, 1.807) is 15.4 Å². The first-order valence-electron chi connectivity index (χ1n) is 12.7. The van der Waals surface area contributed by atoms with E-state index < -0.39 is 0 Å². The molecule has 5 heterocycles. The van der Waals surface area contributed by atoms with Crippen molar-refractivity contribution in [3.8, 4) is 5.13 Å². The van der Waals surface area contributed by atoms with Crippen LogP contribution in [0.1, 0.15) is 0 Å². The topological polar surface area (TPSA) is 117 Å². The van der Waals surface area contributed by atoms with Crippen LogP contribution >= 0.6 is 11.3 Å². The van der Waals surface area contributed by atoms with Crippen LogP contribution in [0.25, 0.3) is 32.7 Å². The van der Waals surface area contributed by atoms with Crippen molar-refractivity contribution < 1.29 is 5.11 Å². The molecule has 1 aliphatic rings. The van der Waals surface area contributed by atoms with E-state index in [0.717, 1.165) is 55.0 Å². The third-order valence-corrected chi connectivity index (χ3v) is 7.80. The number of para-hydroxylation sites is 1. The van der Waals surface area contributed by atoms with E-state index >= 15 is 0 Å². The molecule has 0 saturated carbocycles. The molecule has 7 rings (SSSR count). The molecular weight excluding hydrogens is 514 g/mol. The van der Waals surface area contributed by atoms with Crippen molar-refractivity contribution in [2.24, 2.45) is 0 Å². The van der Waals surface area contributed by atoms with Gasteiger partial charge in [0.15, 0.2) is 11.3 Å². The number of aromatic nitrogens is 6. The number of piperazine rings is 1. The number of rotatable bonds is 6. The minimum atomic E-state index is -0.253. The van der Waals surface area contributed by atoms with Crippen LogP contribution in [0.3, 0.4) is 0 Å². The molecule has 1 aliphatic heterocycles. The minimum Gasteiger partial charge on any atom is -0.395 e. The van der Waals surface area contributed by atoms with Crippen LogP contribution in [0.4, 0.5) is 17.3 Å². The highest BCUT2D eigenvalue weighted by Crippen LogP contribution is 2.26. The monoisotopic (exact) mass is 539 g/mol. The second-order valence-corrected chi connectivity index (χ2v) is 10.2. The lowest BCUT2D eigenvalue weighted by atomic mass is 10.2. The molecule has 1 fully saturated rings. The van der Waals surface area contributed by atoms with Crippen LogP contribution in [0.2, 0.25) is 0 Å². The summed E-state index contributed by atoms with van der Waals surface area (Å²) in [5, 5.41) is 16.1. The quantitative estimate of drug-likeness (QED) is 0.330. The van der Waals surface area contributed by atoms with E-state index in [9.17, 15) is 4.79 Å². The minimum absolute atomic E-state index is 0.197. The van der Waals surface area contributed by atoms with Gasteiger partial charge >= 0.3 is 0 Å². The predicted octanol–water partition coefficient (Wildman–Crippen LogP) is 2.90. The number of anilines is 3. The SMILES string of the molecule is O=c1c2cnc(Nc3ccc(N4CCN(CCO)CC4)cc3)nc2nc2c3ccccc3n(-c3nccs3)n12. The van der Waals surface area contributed by atoms with Gasteiger partial charge in [0.1, 0.15) is 5.39 Å². The van der Waals surface area contributed by atoms with Crippen molar-refractivity contribution in [1.82, 2.24) is 34.0 Å². The summed E-state index contributed by atoms with van der Waals surface area (Å²) in [6, 6.07) is 15.9. The lowest BCUT2D eigenvalue weighted by Crippen LogP contribution is -2.47. The highest BCUT2D eigenvalue weighted by Gasteiger charge is 2.20. The number of hydrogen-bond donors (Lipinski definition) is 2. The lowest BCUT2D eigenvalue weighted by molar-refractivity contribution is 0.189. The Hall–Kier alpha value is -4.39. The summed E-state index contributed by atoms with van der Waals surface area (Å²) in [6.45, 7) is 4.65. The molecule has 12 heteroatoms. The summed E-state index contributed by atoms with van der Waals surface area (Å²) < 4.78 is 3.34. The molecule has 0 spiro atoms. The number of β-amino-alcohol motifs (C(OH)–C–C–N with tert-alkyl or cyclic N) is 1. The van der Waals surface area contributed by atoms with Gasteiger partial charge in [-0.3, -0.25) is 9.69 Å². The first-order valence-corrected chi connectivity index (χ1v) is 13.6. The Balaban J connectivity index is 1.20. The van der Waals surface area contributed by atoms with Crippen LogP contribution in [0.15, 0.2) is 71.1 Å².